The van der Waals surface area contributed by atoms with Crippen LogP contribution in [-0.2, 0) is 11.2 Å². The second-order valence-corrected chi connectivity index (χ2v) is 6.81. The van der Waals surface area contributed by atoms with Crippen LogP contribution in [0.5, 0.6) is 0 Å². The minimum Gasteiger partial charge on any atom is -0.342 e. The van der Waals surface area contributed by atoms with Crippen molar-refractivity contribution in [3.63, 3.8) is 0 Å². The third kappa shape index (κ3) is 3.64. The minimum absolute atomic E-state index is 0.0204. The van der Waals surface area contributed by atoms with Crippen LogP contribution in [-0.4, -0.2) is 42.6 Å². The first-order valence-corrected chi connectivity index (χ1v) is 9.26. The van der Waals surface area contributed by atoms with Gasteiger partial charge in [-0.15, -0.1) is 0 Å². The maximum absolute atomic E-state index is 12.7. The smallest absolute Gasteiger partial charge is 0.223 e. The van der Waals surface area contributed by atoms with Gasteiger partial charge in [-0.3, -0.25) is 4.79 Å². The maximum Gasteiger partial charge on any atom is 0.223 e. The first kappa shape index (κ1) is 17.9. The van der Waals surface area contributed by atoms with Crippen molar-refractivity contribution in [1.82, 2.24) is 29.6 Å². The standard InChI is InChI=1S/C21H22N6O/c1-15(16-7-9-17(10-8-16)27-14-22-13-23-27)26(2)21(28)12-11-20-24-18-5-3-4-6-19(18)25-20/h3-10,13-15H,11-12H2,1-2H3,(H,24,25)/t15-/m1/s1. The molecule has 2 aromatic heterocycles. The summed E-state index contributed by atoms with van der Waals surface area (Å²) < 4.78 is 1.71. The molecule has 2 aromatic carbocycles. The Labute approximate surface area is 163 Å². The van der Waals surface area contributed by atoms with Gasteiger partial charge in [-0.05, 0) is 36.8 Å². The quantitative estimate of drug-likeness (QED) is 0.562. The summed E-state index contributed by atoms with van der Waals surface area (Å²) >= 11 is 0. The van der Waals surface area contributed by atoms with Crippen LogP contribution in [0.15, 0.2) is 61.2 Å². The van der Waals surface area contributed by atoms with E-state index in [0.29, 0.717) is 12.8 Å². The summed E-state index contributed by atoms with van der Waals surface area (Å²) in [6.45, 7) is 2.03. The lowest BCUT2D eigenvalue weighted by Gasteiger charge is -2.25. The van der Waals surface area contributed by atoms with Crippen LogP contribution in [0.3, 0.4) is 0 Å². The van der Waals surface area contributed by atoms with Crippen LogP contribution >= 0.6 is 0 Å². The molecule has 7 heteroatoms. The number of aryl methyl sites for hydroxylation is 1. The van der Waals surface area contributed by atoms with Gasteiger partial charge in [0.15, 0.2) is 0 Å². The van der Waals surface area contributed by atoms with Crippen LogP contribution in [0.2, 0.25) is 0 Å². The molecule has 28 heavy (non-hydrogen) atoms. The van der Waals surface area contributed by atoms with E-state index in [1.54, 1.807) is 15.9 Å². The number of hydrogen-bond donors (Lipinski definition) is 1. The molecule has 1 N–H and O–H groups in total. The number of imidazole rings is 1. The number of aromatic nitrogens is 5. The Morgan fingerprint density at radius 2 is 1.96 bits per heavy atom. The van der Waals surface area contributed by atoms with E-state index in [1.165, 1.54) is 6.33 Å². The maximum atomic E-state index is 12.7. The number of carbonyl (C=O) groups excluding carboxylic acids is 1. The highest BCUT2D eigenvalue weighted by atomic mass is 16.2. The summed E-state index contributed by atoms with van der Waals surface area (Å²) in [4.78, 5) is 26.2. The second kappa shape index (κ2) is 7.64. The molecule has 0 radical (unpaired) electrons. The van der Waals surface area contributed by atoms with Crippen LogP contribution in [0.4, 0.5) is 0 Å². The molecule has 4 rings (SSSR count). The Hall–Kier alpha value is -3.48. The van der Waals surface area contributed by atoms with Crippen LogP contribution in [0.1, 0.15) is 30.8 Å². The number of H-pyrrole nitrogens is 1. The highest BCUT2D eigenvalue weighted by Crippen LogP contribution is 2.21. The molecule has 0 spiro atoms. The molecule has 0 aliphatic rings. The number of rotatable bonds is 6. The van der Waals surface area contributed by atoms with E-state index in [1.807, 2.05) is 62.5 Å². The van der Waals surface area contributed by atoms with Crippen LogP contribution < -0.4 is 0 Å². The van der Waals surface area contributed by atoms with Crippen molar-refractivity contribution in [1.29, 1.82) is 0 Å². The number of para-hydroxylation sites is 2. The Bertz CT molecular complexity index is 1030. The van der Waals surface area contributed by atoms with Gasteiger partial charge in [-0.25, -0.2) is 14.6 Å². The Morgan fingerprint density at radius 3 is 2.68 bits per heavy atom. The highest BCUT2D eigenvalue weighted by Gasteiger charge is 2.18. The van der Waals surface area contributed by atoms with Gasteiger partial charge < -0.3 is 9.88 Å². The van der Waals surface area contributed by atoms with E-state index in [9.17, 15) is 4.79 Å². The zero-order chi connectivity index (χ0) is 19.5. The molecule has 0 saturated carbocycles. The molecule has 0 unspecified atom stereocenters. The minimum atomic E-state index is -0.0204. The number of nitrogens with zero attached hydrogens (tertiary/aromatic N) is 5. The molecule has 142 valence electrons. The predicted molar refractivity (Wildman–Crippen MR) is 107 cm³/mol. The van der Waals surface area contributed by atoms with Crippen molar-refractivity contribution in [2.45, 2.75) is 25.8 Å². The van der Waals surface area contributed by atoms with Crippen molar-refractivity contribution in [2.24, 2.45) is 0 Å². The Morgan fingerprint density at radius 1 is 1.18 bits per heavy atom. The van der Waals surface area contributed by atoms with Crippen molar-refractivity contribution in [3.05, 3.63) is 72.6 Å². The first-order chi connectivity index (χ1) is 13.6. The Kier molecular flexibility index (Phi) is 4.89. The molecule has 7 nitrogen and oxygen atoms in total. The normalized spacial score (nSPS) is 12.2. The molecule has 0 saturated heterocycles. The van der Waals surface area contributed by atoms with Gasteiger partial charge in [0, 0.05) is 19.9 Å². The summed E-state index contributed by atoms with van der Waals surface area (Å²) in [5.74, 6) is 0.932. The average Bonchev–Trinajstić information content (AvgIpc) is 3.40. The molecular weight excluding hydrogens is 352 g/mol. The highest BCUT2D eigenvalue weighted by molar-refractivity contribution is 5.77. The van der Waals surface area contributed by atoms with Gasteiger partial charge in [0.25, 0.3) is 0 Å². The van der Waals surface area contributed by atoms with Crippen LogP contribution in [0, 0.1) is 0 Å². The van der Waals surface area contributed by atoms with E-state index in [0.717, 1.165) is 28.1 Å². The number of aromatic amines is 1. The molecule has 4 aromatic rings. The zero-order valence-corrected chi connectivity index (χ0v) is 15.9. The van der Waals surface area contributed by atoms with Gasteiger partial charge in [0.1, 0.15) is 18.5 Å². The summed E-state index contributed by atoms with van der Waals surface area (Å²) in [6, 6.07) is 15.9. The molecule has 2 heterocycles. The number of benzene rings is 2. The summed E-state index contributed by atoms with van der Waals surface area (Å²) in [6.07, 6.45) is 4.17. The number of nitrogens with one attached hydrogen (secondary N) is 1. The summed E-state index contributed by atoms with van der Waals surface area (Å²) in [5.41, 5.74) is 3.94. The average molecular weight is 374 g/mol. The predicted octanol–water partition coefficient (Wildman–Crippen LogP) is 3.30. The van der Waals surface area contributed by atoms with Crippen molar-refractivity contribution < 1.29 is 4.79 Å². The van der Waals surface area contributed by atoms with E-state index in [-0.39, 0.29) is 11.9 Å². The van der Waals surface area contributed by atoms with Crippen LogP contribution in [0.25, 0.3) is 16.7 Å². The second-order valence-electron chi connectivity index (χ2n) is 6.81. The molecular formula is C21H22N6O. The van der Waals surface area contributed by atoms with E-state index in [2.05, 4.69) is 20.1 Å². The molecule has 1 amide bonds. The molecule has 0 bridgehead atoms. The van der Waals surface area contributed by atoms with Crippen molar-refractivity contribution in [3.8, 4) is 5.69 Å². The Balaban J connectivity index is 1.38. The molecule has 0 fully saturated rings. The topological polar surface area (TPSA) is 79.7 Å². The lowest BCUT2D eigenvalue weighted by Crippen LogP contribution is -2.29. The monoisotopic (exact) mass is 374 g/mol. The SMILES string of the molecule is C[C@H](c1ccc(-n2cncn2)cc1)N(C)C(=O)CCc1nc2ccccc2[nH]1. The number of carbonyl (C=O) groups is 1. The van der Waals surface area contributed by atoms with Crippen molar-refractivity contribution in [2.75, 3.05) is 7.05 Å². The number of fused-ring (bicyclic) bond motifs is 1. The number of hydrogen-bond acceptors (Lipinski definition) is 4. The molecule has 1 atom stereocenters. The zero-order valence-electron chi connectivity index (χ0n) is 15.9. The lowest BCUT2D eigenvalue weighted by atomic mass is 10.1. The van der Waals surface area contributed by atoms with Crippen molar-refractivity contribution >= 4 is 16.9 Å². The third-order valence-electron chi connectivity index (χ3n) is 5.05. The van der Waals surface area contributed by atoms with Gasteiger partial charge in [-0.1, -0.05) is 24.3 Å². The van der Waals surface area contributed by atoms with E-state index in [4.69, 9.17) is 0 Å². The summed E-state index contributed by atoms with van der Waals surface area (Å²) in [5, 5.41) is 4.13. The van der Waals surface area contributed by atoms with E-state index >= 15 is 0 Å². The fraction of sp³-hybridized carbons (Fsp3) is 0.238. The summed E-state index contributed by atoms with van der Waals surface area (Å²) in [7, 11) is 1.84. The van der Waals surface area contributed by atoms with Gasteiger partial charge in [-0.2, -0.15) is 5.10 Å². The fourth-order valence-corrected chi connectivity index (χ4v) is 3.21. The fourth-order valence-electron chi connectivity index (χ4n) is 3.21. The third-order valence-corrected chi connectivity index (χ3v) is 5.05. The van der Waals surface area contributed by atoms with Gasteiger partial charge >= 0.3 is 0 Å². The molecule has 0 aliphatic heterocycles. The number of amides is 1. The van der Waals surface area contributed by atoms with Gasteiger partial charge in [0.2, 0.25) is 5.91 Å². The lowest BCUT2D eigenvalue weighted by molar-refractivity contribution is -0.131. The van der Waals surface area contributed by atoms with E-state index < -0.39 is 0 Å². The largest absolute Gasteiger partial charge is 0.342 e. The van der Waals surface area contributed by atoms with Gasteiger partial charge in [0.05, 0.1) is 22.8 Å². The first-order valence-electron chi connectivity index (χ1n) is 9.26. The molecule has 0 aliphatic carbocycles.